The fourth-order valence-electron chi connectivity index (χ4n) is 2.35. The minimum Gasteiger partial charge on any atom is -0.391 e. The van der Waals surface area contributed by atoms with E-state index in [1.54, 1.807) is 17.9 Å². The molecule has 0 aromatic heterocycles. The number of benzene rings is 1. The van der Waals surface area contributed by atoms with Gasteiger partial charge in [-0.15, -0.1) is 0 Å². The lowest BCUT2D eigenvalue weighted by Gasteiger charge is -2.31. The number of piperidine rings is 1. The predicted octanol–water partition coefficient (Wildman–Crippen LogP) is 2.71. The van der Waals surface area contributed by atoms with Crippen molar-refractivity contribution in [3.05, 3.63) is 34.6 Å². The number of carbonyl (C=O) groups excluding carboxylic acids is 1. The van der Waals surface area contributed by atoms with Crippen LogP contribution in [0.1, 0.15) is 31.4 Å². The number of β-amino-alcohol motifs (C(OH)–C–C–N with tert-alkyl or cyclic N) is 1. The highest BCUT2D eigenvalue weighted by Gasteiger charge is 2.23. The highest BCUT2D eigenvalue weighted by molar-refractivity contribution is 6.31. The van der Waals surface area contributed by atoms with Gasteiger partial charge in [-0.1, -0.05) is 17.7 Å². The van der Waals surface area contributed by atoms with Crippen molar-refractivity contribution >= 4 is 17.6 Å². The number of amides is 2. The summed E-state index contributed by atoms with van der Waals surface area (Å²) >= 11 is 5.97. The highest BCUT2D eigenvalue weighted by atomic mass is 35.5. The van der Waals surface area contributed by atoms with Gasteiger partial charge in [0.25, 0.3) is 0 Å². The van der Waals surface area contributed by atoms with Crippen LogP contribution in [0.4, 0.5) is 9.18 Å². The predicted molar refractivity (Wildman–Crippen MR) is 75.2 cm³/mol. The first-order valence-electron chi connectivity index (χ1n) is 6.66. The highest BCUT2D eigenvalue weighted by Crippen LogP contribution is 2.24. The number of likely N-dealkylation sites (tertiary alicyclic amines) is 1. The summed E-state index contributed by atoms with van der Waals surface area (Å²) in [6, 6.07) is 3.54. The number of nitrogens with one attached hydrogen (secondary N) is 1. The molecule has 1 aromatic rings. The molecule has 2 rings (SSSR count). The van der Waals surface area contributed by atoms with E-state index in [4.69, 9.17) is 11.6 Å². The Balaban J connectivity index is 1.99. The molecule has 0 radical (unpaired) electrons. The summed E-state index contributed by atoms with van der Waals surface area (Å²) in [4.78, 5) is 13.7. The third-order valence-corrected chi connectivity index (χ3v) is 3.78. The molecular weight excluding hydrogens is 283 g/mol. The molecule has 0 bridgehead atoms. The van der Waals surface area contributed by atoms with Gasteiger partial charge in [-0.25, -0.2) is 9.18 Å². The number of hydrogen-bond acceptors (Lipinski definition) is 2. The third-order valence-electron chi connectivity index (χ3n) is 3.45. The number of urea groups is 1. The number of halogens is 2. The number of nitrogens with zero attached hydrogens (tertiary/aromatic N) is 1. The lowest BCUT2D eigenvalue weighted by atomic mass is 10.1. The molecule has 6 heteroatoms. The Morgan fingerprint density at radius 3 is 3.00 bits per heavy atom. The average Bonchev–Trinajstić information content (AvgIpc) is 2.38. The van der Waals surface area contributed by atoms with E-state index in [1.807, 2.05) is 0 Å². The fourth-order valence-corrected chi connectivity index (χ4v) is 2.68. The van der Waals surface area contributed by atoms with Crippen molar-refractivity contribution in [1.82, 2.24) is 10.2 Å². The van der Waals surface area contributed by atoms with E-state index in [2.05, 4.69) is 5.32 Å². The first-order chi connectivity index (χ1) is 9.47. The van der Waals surface area contributed by atoms with Crippen LogP contribution in [0.2, 0.25) is 5.02 Å². The van der Waals surface area contributed by atoms with Crippen LogP contribution < -0.4 is 5.32 Å². The summed E-state index contributed by atoms with van der Waals surface area (Å²) in [6.07, 6.45) is 1.06. The van der Waals surface area contributed by atoms with Gasteiger partial charge < -0.3 is 15.3 Å². The number of rotatable bonds is 2. The maximum absolute atomic E-state index is 13.0. The largest absolute Gasteiger partial charge is 0.391 e. The van der Waals surface area contributed by atoms with Crippen molar-refractivity contribution in [3.63, 3.8) is 0 Å². The van der Waals surface area contributed by atoms with E-state index < -0.39 is 11.9 Å². The van der Waals surface area contributed by atoms with Gasteiger partial charge in [0.15, 0.2) is 0 Å². The average molecular weight is 301 g/mol. The van der Waals surface area contributed by atoms with E-state index in [0.29, 0.717) is 18.7 Å². The quantitative estimate of drug-likeness (QED) is 0.882. The van der Waals surface area contributed by atoms with Gasteiger partial charge in [0.1, 0.15) is 5.82 Å². The summed E-state index contributed by atoms with van der Waals surface area (Å²) in [7, 11) is 0. The number of aliphatic hydroxyl groups excluding tert-OH is 1. The Morgan fingerprint density at radius 1 is 1.60 bits per heavy atom. The topological polar surface area (TPSA) is 52.6 Å². The molecule has 2 atom stereocenters. The zero-order valence-corrected chi connectivity index (χ0v) is 12.0. The summed E-state index contributed by atoms with van der Waals surface area (Å²) in [6.45, 7) is 2.76. The molecule has 1 fully saturated rings. The van der Waals surface area contributed by atoms with E-state index in [0.717, 1.165) is 12.8 Å². The lowest BCUT2D eigenvalue weighted by molar-refractivity contribution is 0.0835. The van der Waals surface area contributed by atoms with Gasteiger partial charge in [-0.3, -0.25) is 0 Å². The molecule has 4 nitrogen and oxygen atoms in total. The van der Waals surface area contributed by atoms with Crippen molar-refractivity contribution < 1.29 is 14.3 Å². The van der Waals surface area contributed by atoms with Gasteiger partial charge in [0.05, 0.1) is 12.1 Å². The second kappa shape index (κ2) is 6.41. The molecule has 20 heavy (non-hydrogen) atoms. The second-order valence-electron chi connectivity index (χ2n) is 5.08. The van der Waals surface area contributed by atoms with E-state index in [-0.39, 0.29) is 17.1 Å². The van der Waals surface area contributed by atoms with Gasteiger partial charge in [-0.2, -0.15) is 0 Å². The van der Waals surface area contributed by atoms with Gasteiger partial charge in [0, 0.05) is 18.1 Å². The minimum absolute atomic E-state index is 0.239. The molecule has 0 aliphatic carbocycles. The molecule has 1 aliphatic rings. The number of hydrogen-bond donors (Lipinski definition) is 2. The van der Waals surface area contributed by atoms with Gasteiger partial charge in [-0.05, 0) is 37.5 Å². The Hall–Kier alpha value is -1.33. The molecule has 1 aliphatic heterocycles. The van der Waals surface area contributed by atoms with Crippen molar-refractivity contribution in [2.45, 2.75) is 31.9 Å². The smallest absolute Gasteiger partial charge is 0.317 e. The number of carbonyl (C=O) groups is 1. The molecule has 1 aromatic carbocycles. The van der Waals surface area contributed by atoms with Crippen LogP contribution in [0.15, 0.2) is 18.2 Å². The molecule has 0 spiro atoms. The second-order valence-corrected chi connectivity index (χ2v) is 5.49. The summed E-state index contributed by atoms with van der Waals surface area (Å²) in [5.74, 6) is -0.406. The van der Waals surface area contributed by atoms with Crippen molar-refractivity contribution in [2.24, 2.45) is 0 Å². The molecule has 2 N–H and O–H groups in total. The summed E-state index contributed by atoms with van der Waals surface area (Å²) < 4.78 is 13.0. The Labute approximate surface area is 122 Å². The van der Waals surface area contributed by atoms with Crippen molar-refractivity contribution in [3.8, 4) is 0 Å². The SMILES string of the molecule is CC(NC(=O)N1CCCC(O)C1)c1ccc(F)cc1Cl. The van der Waals surface area contributed by atoms with Gasteiger partial charge in [0.2, 0.25) is 0 Å². The molecule has 2 amide bonds. The van der Waals surface area contributed by atoms with E-state index in [1.165, 1.54) is 12.1 Å². The first kappa shape index (κ1) is 15.1. The zero-order chi connectivity index (χ0) is 14.7. The van der Waals surface area contributed by atoms with Crippen LogP contribution in [-0.4, -0.2) is 35.2 Å². The molecular formula is C14H18ClFN2O2. The van der Waals surface area contributed by atoms with Crippen molar-refractivity contribution in [1.29, 1.82) is 0 Å². The van der Waals surface area contributed by atoms with Crippen LogP contribution in [-0.2, 0) is 0 Å². The standard InChI is InChI=1S/C14H18ClFN2O2/c1-9(12-5-4-10(16)7-13(12)15)17-14(20)18-6-2-3-11(19)8-18/h4-5,7,9,11,19H,2-3,6,8H2,1H3,(H,17,20). The summed E-state index contributed by atoms with van der Waals surface area (Å²) in [5.41, 5.74) is 0.666. The van der Waals surface area contributed by atoms with Gasteiger partial charge >= 0.3 is 6.03 Å². The maximum atomic E-state index is 13.0. The third kappa shape index (κ3) is 3.61. The molecule has 0 saturated carbocycles. The lowest BCUT2D eigenvalue weighted by Crippen LogP contribution is -2.47. The Bertz CT molecular complexity index is 498. The fraction of sp³-hybridized carbons (Fsp3) is 0.500. The molecule has 1 saturated heterocycles. The van der Waals surface area contributed by atoms with Crippen LogP contribution in [0.25, 0.3) is 0 Å². The molecule has 110 valence electrons. The monoisotopic (exact) mass is 300 g/mol. The van der Waals surface area contributed by atoms with Crippen molar-refractivity contribution in [2.75, 3.05) is 13.1 Å². The van der Waals surface area contributed by atoms with Crippen LogP contribution >= 0.6 is 11.6 Å². The van der Waals surface area contributed by atoms with Crippen LogP contribution in [0, 0.1) is 5.82 Å². The minimum atomic E-state index is -0.459. The Morgan fingerprint density at radius 2 is 2.35 bits per heavy atom. The van der Waals surface area contributed by atoms with Crippen LogP contribution in [0.3, 0.4) is 0 Å². The number of aliphatic hydroxyl groups is 1. The summed E-state index contributed by atoms with van der Waals surface area (Å²) in [5, 5.41) is 12.7. The molecule has 1 heterocycles. The zero-order valence-electron chi connectivity index (χ0n) is 11.3. The Kier molecular flexibility index (Phi) is 4.83. The maximum Gasteiger partial charge on any atom is 0.317 e. The normalized spacial score (nSPS) is 20.6. The first-order valence-corrected chi connectivity index (χ1v) is 7.03. The van der Waals surface area contributed by atoms with Crippen LogP contribution in [0.5, 0.6) is 0 Å². The van der Waals surface area contributed by atoms with E-state index in [9.17, 15) is 14.3 Å². The molecule has 2 unspecified atom stereocenters. The van der Waals surface area contributed by atoms with E-state index >= 15 is 0 Å².